The number of pyridine rings is 1. The monoisotopic (exact) mass is 289 g/mol. The summed E-state index contributed by atoms with van der Waals surface area (Å²) in [5, 5.41) is 6.47. The molecule has 21 heavy (non-hydrogen) atoms. The molecule has 1 saturated carbocycles. The van der Waals surface area contributed by atoms with Crippen LogP contribution in [0.4, 0.5) is 5.69 Å². The van der Waals surface area contributed by atoms with Crippen LogP contribution in [0.25, 0.3) is 0 Å². The molecular weight excluding hydrogens is 262 g/mol. The lowest BCUT2D eigenvalue weighted by atomic mass is 9.95. The van der Waals surface area contributed by atoms with Crippen LogP contribution in [0, 0.1) is 0 Å². The highest BCUT2D eigenvalue weighted by Crippen LogP contribution is 2.18. The molecular formula is C17H27N3O. The van der Waals surface area contributed by atoms with Crippen LogP contribution >= 0.6 is 0 Å². The number of nitrogens with one attached hydrogen (secondary N) is 2. The Bertz CT molecular complexity index is 441. The zero-order valence-corrected chi connectivity index (χ0v) is 13.0. The molecule has 1 aliphatic rings. The summed E-state index contributed by atoms with van der Waals surface area (Å²) in [4.78, 5) is 16.4. The van der Waals surface area contributed by atoms with Crippen LogP contribution in [0.5, 0.6) is 0 Å². The van der Waals surface area contributed by atoms with Gasteiger partial charge in [-0.1, -0.05) is 39.0 Å². The van der Waals surface area contributed by atoms with Crippen molar-refractivity contribution in [1.82, 2.24) is 10.3 Å². The molecule has 116 valence electrons. The standard InChI is InChI=1S/C17H27N3O/c1-2-3-7-10-19-16-11-14(12-18-13-16)17(21)20-15-8-5-4-6-9-15/h11-13,15,19H,2-10H2,1H3,(H,20,21). The number of aromatic nitrogens is 1. The quantitative estimate of drug-likeness (QED) is 0.752. The molecule has 0 saturated heterocycles. The molecule has 1 aromatic heterocycles. The van der Waals surface area contributed by atoms with Crippen molar-refractivity contribution in [2.24, 2.45) is 0 Å². The number of nitrogens with zero attached hydrogens (tertiary/aromatic N) is 1. The zero-order chi connectivity index (χ0) is 14.9. The Kier molecular flexibility index (Phi) is 6.51. The fourth-order valence-corrected chi connectivity index (χ4v) is 2.78. The largest absolute Gasteiger partial charge is 0.384 e. The minimum atomic E-state index is 0.00612. The lowest BCUT2D eigenvalue weighted by Gasteiger charge is -2.22. The van der Waals surface area contributed by atoms with Crippen molar-refractivity contribution >= 4 is 11.6 Å². The highest BCUT2D eigenvalue weighted by atomic mass is 16.1. The predicted molar refractivity (Wildman–Crippen MR) is 86.6 cm³/mol. The van der Waals surface area contributed by atoms with Gasteiger partial charge in [0.15, 0.2) is 0 Å². The van der Waals surface area contributed by atoms with Crippen LogP contribution in [0.1, 0.15) is 68.6 Å². The van der Waals surface area contributed by atoms with Gasteiger partial charge in [-0.15, -0.1) is 0 Å². The van der Waals surface area contributed by atoms with Crippen LogP contribution in [0.3, 0.4) is 0 Å². The van der Waals surface area contributed by atoms with Gasteiger partial charge in [-0.3, -0.25) is 9.78 Å². The minimum absolute atomic E-state index is 0.00612. The van der Waals surface area contributed by atoms with E-state index in [1.807, 2.05) is 6.07 Å². The van der Waals surface area contributed by atoms with Crippen LogP contribution in [0.2, 0.25) is 0 Å². The molecule has 1 heterocycles. The molecule has 0 aliphatic heterocycles. The van der Waals surface area contributed by atoms with Crippen molar-refractivity contribution in [1.29, 1.82) is 0 Å². The first-order valence-corrected chi connectivity index (χ1v) is 8.29. The van der Waals surface area contributed by atoms with Crippen molar-refractivity contribution in [3.63, 3.8) is 0 Å². The number of rotatable bonds is 7. The van der Waals surface area contributed by atoms with E-state index in [1.54, 1.807) is 12.4 Å². The number of anilines is 1. The Labute approximate surface area is 127 Å². The molecule has 0 bridgehead atoms. The van der Waals surface area contributed by atoms with Gasteiger partial charge in [-0.2, -0.15) is 0 Å². The smallest absolute Gasteiger partial charge is 0.253 e. The first-order chi connectivity index (χ1) is 10.3. The third-order valence-corrected chi connectivity index (χ3v) is 4.05. The normalized spacial score (nSPS) is 15.7. The highest BCUT2D eigenvalue weighted by molar-refractivity contribution is 5.94. The number of amides is 1. The third-order valence-electron chi connectivity index (χ3n) is 4.05. The average molecular weight is 289 g/mol. The van der Waals surface area contributed by atoms with Crippen molar-refractivity contribution < 1.29 is 4.79 Å². The van der Waals surface area contributed by atoms with E-state index in [9.17, 15) is 4.79 Å². The molecule has 1 aliphatic carbocycles. The van der Waals surface area contributed by atoms with Crippen molar-refractivity contribution in [3.8, 4) is 0 Å². The number of carbonyl (C=O) groups excluding carboxylic acids is 1. The highest BCUT2D eigenvalue weighted by Gasteiger charge is 2.16. The van der Waals surface area contributed by atoms with E-state index in [4.69, 9.17) is 0 Å². The topological polar surface area (TPSA) is 54.0 Å². The van der Waals surface area contributed by atoms with Gasteiger partial charge in [0.25, 0.3) is 5.91 Å². The molecule has 2 N–H and O–H groups in total. The van der Waals surface area contributed by atoms with Crippen LogP contribution in [-0.2, 0) is 0 Å². The maximum Gasteiger partial charge on any atom is 0.253 e. The number of unbranched alkanes of at least 4 members (excludes halogenated alkanes) is 2. The second-order valence-electron chi connectivity index (χ2n) is 5.90. The van der Waals surface area contributed by atoms with Gasteiger partial charge in [-0.05, 0) is 25.3 Å². The summed E-state index contributed by atoms with van der Waals surface area (Å²) in [5.41, 5.74) is 1.59. The first kappa shape index (κ1) is 15.8. The summed E-state index contributed by atoms with van der Waals surface area (Å²) in [6, 6.07) is 2.24. The van der Waals surface area contributed by atoms with E-state index in [0.29, 0.717) is 11.6 Å². The molecule has 0 spiro atoms. The summed E-state index contributed by atoms with van der Waals surface area (Å²) in [6.45, 7) is 3.13. The van der Waals surface area contributed by atoms with Crippen molar-refractivity contribution in [3.05, 3.63) is 24.0 Å². The van der Waals surface area contributed by atoms with Crippen LogP contribution in [0.15, 0.2) is 18.5 Å². The van der Waals surface area contributed by atoms with Crippen molar-refractivity contribution in [2.75, 3.05) is 11.9 Å². The Morgan fingerprint density at radius 3 is 2.81 bits per heavy atom. The number of hydrogen-bond donors (Lipinski definition) is 2. The molecule has 0 aromatic carbocycles. The molecule has 1 amide bonds. The number of carbonyl (C=O) groups is 1. The number of hydrogen-bond acceptors (Lipinski definition) is 3. The lowest BCUT2D eigenvalue weighted by molar-refractivity contribution is 0.0927. The molecule has 4 nitrogen and oxygen atoms in total. The van der Waals surface area contributed by atoms with E-state index in [-0.39, 0.29) is 5.91 Å². The summed E-state index contributed by atoms with van der Waals surface area (Å²) in [7, 11) is 0. The van der Waals surface area contributed by atoms with Gasteiger partial charge in [0.1, 0.15) is 0 Å². The summed E-state index contributed by atoms with van der Waals surface area (Å²) in [5.74, 6) is 0.00612. The Morgan fingerprint density at radius 2 is 2.05 bits per heavy atom. The molecule has 1 aromatic rings. The average Bonchev–Trinajstić information content (AvgIpc) is 2.53. The predicted octanol–water partition coefficient (Wildman–Crippen LogP) is 3.75. The van der Waals surface area contributed by atoms with Gasteiger partial charge in [-0.25, -0.2) is 0 Å². The SMILES string of the molecule is CCCCCNc1cncc(C(=O)NC2CCCCC2)c1. The maximum absolute atomic E-state index is 12.3. The summed E-state index contributed by atoms with van der Waals surface area (Å²) < 4.78 is 0. The maximum atomic E-state index is 12.3. The Morgan fingerprint density at radius 1 is 1.24 bits per heavy atom. The summed E-state index contributed by atoms with van der Waals surface area (Å²) in [6.07, 6.45) is 13.0. The summed E-state index contributed by atoms with van der Waals surface area (Å²) >= 11 is 0. The lowest BCUT2D eigenvalue weighted by Crippen LogP contribution is -2.36. The van der Waals surface area contributed by atoms with E-state index in [1.165, 1.54) is 32.1 Å². The van der Waals surface area contributed by atoms with E-state index >= 15 is 0 Å². The fourth-order valence-electron chi connectivity index (χ4n) is 2.78. The molecule has 1 fully saturated rings. The fraction of sp³-hybridized carbons (Fsp3) is 0.647. The van der Waals surface area contributed by atoms with Gasteiger partial charge in [0.05, 0.1) is 11.3 Å². The van der Waals surface area contributed by atoms with E-state index in [2.05, 4.69) is 22.5 Å². The van der Waals surface area contributed by atoms with Gasteiger partial charge in [0.2, 0.25) is 0 Å². The first-order valence-electron chi connectivity index (χ1n) is 8.29. The molecule has 0 unspecified atom stereocenters. The van der Waals surface area contributed by atoms with E-state index < -0.39 is 0 Å². The second kappa shape index (κ2) is 8.65. The Hall–Kier alpha value is -1.58. The van der Waals surface area contributed by atoms with Crippen molar-refractivity contribution in [2.45, 2.75) is 64.3 Å². The minimum Gasteiger partial charge on any atom is -0.384 e. The zero-order valence-electron chi connectivity index (χ0n) is 13.0. The van der Waals surface area contributed by atoms with Gasteiger partial charge >= 0.3 is 0 Å². The second-order valence-corrected chi connectivity index (χ2v) is 5.90. The van der Waals surface area contributed by atoms with Crippen LogP contribution in [-0.4, -0.2) is 23.5 Å². The molecule has 2 rings (SSSR count). The molecule has 4 heteroatoms. The van der Waals surface area contributed by atoms with Gasteiger partial charge in [0, 0.05) is 25.0 Å². The van der Waals surface area contributed by atoms with Crippen LogP contribution < -0.4 is 10.6 Å². The molecule has 0 atom stereocenters. The van der Waals surface area contributed by atoms with Gasteiger partial charge < -0.3 is 10.6 Å². The molecule has 0 radical (unpaired) electrons. The third kappa shape index (κ3) is 5.37. The van der Waals surface area contributed by atoms with E-state index in [0.717, 1.165) is 31.5 Å². The Balaban J connectivity index is 1.85.